The predicted octanol–water partition coefficient (Wildman–Crippen LogP) is 5.44. The van der Waals surface area contributed by atoms with Gasteiger partial charge in [0.15, 0.2) is 6.10 Å². The fourth-order valence-electron chi connectivity index (χ4n) is 7.49. The van der Waals surface area contributed by atoms with Crippen LogP contribution in [0.25, 0.3) is 0 Å². The van der Waals surface area contributed by atoms with E-state index in [0.717, 1.165) is 48.3 Å². The molecule has 61 heavy (non-hydrogen) atoms. The molecule has 16 heteroatoms. The summed E-state index contributed by atoms with van der Waals surface area (Å²) in [7, 11) is 4.83. The standard InChI is InChI=1S/C45H62N6O9S/c1-28(2)37(51(7)43(55)39(29(3)4)49-41(54)36-21-15-16-22-50(36)6)25-38(60-30(5)52)42-47-35(27-61-42)40(53)46-33(23-31-17-11-9-12-18-31)24-34(44(56)58-8)48-45(57)59-26-32-19-13-10-14-20-32/h9-14,17-20,27-29,33-34,36-39H,15-16,21-26H2,1-8H3,(H,46,53)(H,48,57)(H,49,54)/t33-,34+,36+,37+,38+,39-/m0/s1. The fraction of sp³-hybridized carbons (Fsp3) is 0.533. The third-order valence-corrected chi connectivity index (χ3v) is 11.8. The number of carbonyl (C=O) groups excluding carboxylic acids is 6. The third kappa shape index (κ3) is 14.7. The van der Waals surface area contributed by atoms with Crippen molar-refractivity contribution in [3.8, 4) is 0 Å². The lowest BCUT2D eigenvalue weighted by atomic mass is 9.94. The Morgan fingerprint density at radius 2 is 1.54 bits per heavy atom. The average molecular weight is 863 g/mol. The number of aromatic nitrogens is 1. The number of piperidine rings is 1. The molecular formula is C45H62N6O9S. The summed E-state index contributed by atoms with van der Waals surface area (Å²) in [5.41, 5.74) is 1.69. The van der Waals surface area contributed by atoms with Crippen molar-refractivity contribution in [2.45, 2.75) is 116 Å². The lowest BCUT2D eigenvalue weighted by Gasteiger charge is -2.37. The van der Waals surface area contributed by atoms with Gasteiger partial charge in [-0.1, -0.05) is 94.8 Å². The van der Waals surface area contributed by atoms with Crippen LogP contribution in [0.4, 0.5) is 4.79 Å². The predicted molar refractivity (Wildman–Crippen MR) is 231 cm³/mol. The number of likely N-dealkylation sites (N-methyl/N-ethyl adjacent to an activating group) is 2. The van der Waals surface area contributed by atoms with Gasteiger partial charge in [-0.15, -0.1) is 11.3 Å². The maximum absolute atomic E-state index is 14.2. The van der Waals surface area contributed by atoms with Gasteiger partial charge in [0, 0.05) is 37.9 Å². The van der Waals surface area contributed by atoms with Crippen molar-refractivity contribution in [1.82, 2.24) is 30.7 Å². The Morgan fingerprint density at radius 3 is 2.13 bits per heavy atom. The van der Waals surface area contributed by atoms with Crippen LogP contribution in [0.3, 0.4) is 0 Å². The van der Waals surface area contributed by atoms with E-state index in [-0.39, 0.29) is 54.8 Å². The number of carbonyl (C=O) groups is 6. The number of hydrogen-bond donors (Lipinski definition) is 3. The van der Waals surface area contributed by atoms with Crippen LogP contribution in [0.5, 0.6) is 0 Å². The van der Waals surface area contributed by atoms with Crippen LogP contribution in [-0.2, 0) is 46.4 Å². The molecule has 1 aliphatic rings. The van der Waals surface area contributed by atoms with Crippen molar-refractivity contribution < 1.29 is 43.0 Å². The highest BCUT2D eigenvalue weighted by molar-refractivity contribution is 7.09. The first-order chi connectivity index (χ1) is 29.1. The molecule has 4 amide bonds. The van der Waals surface area contributed by atoms with Crippen LogP contribution in [0.15, 0.2) is 66.0 Å². The fourth-order valence-corrected chi connectivity index (χ4v) is 8.33. The van der Waals surface area contributed by atoms with Gasteiger partial charge in [-0.3, -0.25) is 24.1 Å². The number of methoxy groups -OCH3 is 1. The molecule has 0 saturated carbocycles. The summed E-state index contributed by atoms with van der Waals surface area (Å²) >= 11 is 1.14. The summed E-state index contributed by atoms with van der Waals surface area (Å²) in [6, 6.07) is 15.1. The van der Waals surface area contributed by atoms with Gasteiger partial charge in [0.05, 0.1) is 13.2 Å². The zero-order valence-electron chi connectivity index (χ0n) is 36.6. The lowest BCUT2D eigenvalue weighted by molar-refractivity contribution is -0.149. The van der Waals surface area contributed by atoms with E-state index >= 15 is 0 Å². The number of thiazole rings is 1. The van der Waals surface area contributed by atoms with Crippen LogP contribution < -0.4 is 16.0 Å². The molecule has 2 aromatic carbocycles. The Kier molecular flexibility index (Phi) is 18.7. The Bertz CT molecular complexity index is 1910. The van der Waals surface area contributed by atoms with Crippen LogP contribution >= 0.6 is 11.3 Å². The molecule has 1 fully saturated rings. The Labute approximate surface area is 363 Å². The van der Waals surface area contributed by atoms with Crippen molar-refractivity contribution in [2.24, 2.45) is 11.8 Å². The van der Waals surface area contributed by atoms with E-state index in [1.54, 1.807) is 29.5 Å². The number of nitrogens with zero attached hydrogens (tertiary/aromatic N) is 3. The molecular weight excluding hydrogens is 801 g/mol. The number of ether oxygens (including phenoxy) is 3. The highest BCUT2D eigenvalue weighted by Crippen LogP contribution is 2.31. The number of nitrogens with one attached hydrogen (secondary N) is 3. The molecule has 332 valence electrons. The summed E-state index contributed by atoms with van der Waals surface area (Å²) in [5, 5.41) is 10.5. The van der Waals surface area contributed by atoms with Crippen LogP contribution in [0.2, 0.25) is 0 Å². The zero-order chi connectivity index (χ0) is 44.6. The highest BCUT2D eigenvalue weighted by atomic mass is 32.1. The van der Waals surface area contributed by atoms with Crippen molar-refractivity contribution in [2.75, 3.05) is 27.7 Å². The van der Waals surface area contributed by atoms with Gasteiger partial charge in [-0.25, -0.2) is 14.6 Å². The van der Waals surface area contributed by atoms with Gasteiger partial charge in [0.25, 0.3) is 5.91 Å². The van der Waals surface area contributed by atoms with Crippen LogP contribution in [0.1, 0.15) is 99.4 Å². The van der Waals surface area contributed by atoms with Gasteiger partial charge in [-0.05, 0) is 62.2 Å². The van der Waals surface area contributed by atoms with E-state index in [4.69, 9.17) is 14.2 Å². The minimum Gasteiger partial charge on any atom is -0.467 e. The topological polar surface area (TPSA) is 186 Å². The molecule has 0 radical (unpaired) electrons. The van der Waals surface area contributed by atoms with Gasteiger partial charge in [0.2, 0.25) is 11.8 Å². The molecule has 1 aliphatic heterocycles. The second kappa shape index (κ2) is 23.6. The van der Waals surface area contributed by atoms with E-state index < -0.39 is 54.2 Å². The quantitative estimate of drug-likeness (QED) is 0.0971. The van der Waals surface area contributed by atoms with Crippen molar-refractivity contribution in [1.29, 1.82) is 0 Å². The SMILES string of the molecule is COC(=O)[C@@H](C[C@H](Cc1ccccc1)NC(=O)c1csc([C@@H](C[C@H](C(C)C)N(C)C(=O)[C@@H](NC(=O)[C@H]2CCCCN2C)C(C)C)OC(C)=O)n1)NC(=O)OCc1ccccc1. The summed E-state index contributed by atoms with van der Waals surface area (Å²) in [4.78, 5) is 88.0. The van der Waals surface area contributed by atoms with Crippen molar-refractivity contribution >= 4 is 47.1 Å². The molecule has 0 spiro atoms. The zero-order valence-corrected chi connectivity index (χ0v) is 37.4. The lowest BCUT2D eigenvalue weighted by Crippen LogP contribution is -2.57. The summed E-state index contributed by atoms with van der Waals surface area (Å²) in [6.07, 6.45) is 1.44. The summed E-state index contributed by atoms with van der Waals surface area (Å²) in [6.45, 7) is 9.82. The van der Waals surface area contributed by atoms with Crippen LogP contribution in [0, 0.1) is 11.8 Å². The molecule has 4 rings (SSSR count). The number of likely N-dealkylation sites (tertiary alicyclic amines) is 1. The van der Waals surface area contributed by atoms with E-state index in [1.165, 1.54) is 14.0 Å². The first kappa shape index (κ1) is 48.3. The minimum absolute atomic E-state index is 0.00911. The normalized spacial score (nSPS) is 16.7. The van der Waals surface area contributed by atoms with Gasteiger partial charge in [-0.2, -0.15) is 0 Å². The highest BCUT2D eigenvalue weighted by Gasteiger charge is 2.37. The van der Waals surface area contributed by atoms with Crippen LogP contribution in [-0.4, -0.2) is 108 Å². The number of hydrogen-bond acceptors (Lipinski definition) is 12. The Balaban J connectivity index is 1.51. The first-order valence-corrected chi connectivity index (χ1v) is 21.8. The number of alkyl carbamates (subject to hydrolysis) is 1. The van der Waals surface area contributed by atoms with Gasteiger partial charge in [0.1, 0.15) is 29.4 Å². The molecule has 1 saturated heterocycles. The maximum atomic E-state index is 14.2. The second-order valence-corrected chi connectivity index (χ2v) is 17.2. The largest absolute Gasteiger partial charge is 0.467 e. The van der Waals surface area contributed by atoms with Crippen molar-refractivity contribution in [3.63, 3.8) is 0 Å². The van der Waals surface area contributed by atoms with E-state index in [1.807, 2.05) is 88.2 Å². The molecule has 0 bridgehead atoms. The molecule has 0 aliphatic carbocycles. The Morgan fingerprint density at radius 1 is 0.885 bits per heavy atom. The Hall–Kier alpha value is -5.35. The third-order valence-electron chi connectivity index (χ3n) is 10.9. The smallest absolute Gasteiger partial charge is 0.408 e. The molecule has 15 nitrogen and oxygen atoms in total. The number of esters is 2. The van der Waals surface area contributed by atoms with Gasteiger partial charge < -0.3 is 35.1 Å². The second-order valence-electron chi connectivity index (χ2n) is 16.3. The summed E-state index contributed by atoms with van der Waals surface area (Å²) < 4.78 is 16.2. The molecule has 2 heterocycles. The molecule has 0 unspecified atom stereocenters. The summed E-state index contributed by atoms with van der Waals surface area (Å²) in [5.74, 6) is -2.53. The molecule has 6 atom stereocenters. The average Bonchev–Trinajstić information content (AvgIpc) is 3.74. The van der Waals surface area contributed by atoms with E-state index in [9.17, 15) is 28.8 Å². The molecule has 3 aromatic rings. The number of benzene rings is 2. The van der Waals surface area contributed by atoms with E-state index in [0.29, 0.717) is 11.4 Å². The van der Waals surface area contributed by atoms with E-state index in [2.05, 4.69) is 20.9 Å². The van der Waals surface area contributed by atoms with Gasteiger partial charge >= 0.3 is 18.0 Å². The number of amides is 4. The van der Waals surface area contributed by atoms with Crippen molar-refractivity contribution in [3.05, 3.63) is 87.9 Å². The monoisotopic (exact) mass is 862 g/mol. The molecule has 3 N–H and O–H groups in total. The molecule has 1 aromatic heterocycles. The number of rotatable bonds is 20. The maximum Gasteiger partial charge on any atom is 0.408 e. The minimum atomic E-state index is -1.16. The first-order valence-electron chi connectivity index (χ1n) is 20.9.